The van der Waals surface area contributed by atoms with Crippen molar-refractivity contribution < 1.29 is 5.11 Å². The first-order valence-electron chi connectivity index (χ1n) is 6.03. The Bertz CT molecular complexity index is 725. The van der Waals surface area contributed by atoms with Crippen LogP contribution in [0, 0.1) is 13.8 Å². The first kappa shape index (κ1) is 10.9. The second kappa shape index (κ2) is 3.91. The molecule has 2 heteroatoms. The molecular weight excluding hydrogens is 222 g/mol. The molecule has 0 unspecified atom stereocenters. The maximum absolute atomic E-state index is 9.95. The van der Waals surface area contributed by atoms with Gasteiger partial charge in [0.2, 0.25) is 0 Å². The van der Waals surface area contributed by atoms with Gasteiger partial charge < -0.3 is 10.1 Å². The summed E-state index contributed by atoms with van der Waals surface area (Å²) in [5.41, 5.74) is 5.27. The number of H-pyrrole nitrogens is 1. The van der Waals surface area contributed by atoms with Gasteiger partial charge in [-0.3, -0.25) is 0 Å². The van der Waals surface area contributed by atoms with Crippen molar-refractivity contribution in [1.29, 1.82) is 0 Å². The topological polar surface area (TPSA) is 36.0 Å². The normalized spacial score (nSPS) is 11.0. The minimum Gasteiger partial charge on any atom is -0.507 e. The Labute approximate surface area is 106 Å². The lowest BCUT2D eigenvalue weighted by Crippen LogP contribution is -1.80. The zero-order valence-corrected chi connectivity index (χ0v) is 10.5. The number of phenolic OH excluding ortho intramolecular Hbond substituents is 1. The van der Waals surface area contributed by atoms with Crippen molar-refractivity contribution in [3.8, 4) is 17.0 Å². The Kier molecular flexibility index (Phi) is 2.37. The molecule has 0 aliphatic heterocycles. The van der Waals surface area contributed by atoms with Gasteiger partial charge in [0.1, 0.15) is 5.75 Å². The van der Waals surface area contributed by atoms with Crippen molar-refractivity contribution >= 4 is 10.9 Å². The van der Waals surface area contributed by atoms with Crippen LogP contribution in [0.25, 0.3) is 22.2 Å². The summed E-state index contributed by atoms with van der Waals surface area (Å²) in [7, 11) is 0. The third kappa shape index (κ3) is 1.76. The van der Waals surface area contributed by atoms with E-state index in [0.717, 1.165) is 22.3 Å². The molecule has 0 saturated heterocycles. The van der Waals surface area contributed by atoms with Gasteiger partial charge in [-0.2, -0.15) is 0 Å². The molecule has 3 aromatic rings. The lowest BCUT2D eigenvalue weighted by molar-refractivity contribution is 0.477. The molecule has 2 aromatic carbocycles. The maximum atomic E-state index is 9.95. The van der Waals surface area contributed by atoms with Crippen molar-refractivity contribution in [2.75, 3.05) is 0 Å². The molecule has 0 aliphatic carbocycles. The summed E-state index contributed by atoms with van der Waals surface area (Å²) in [6.07, 6.45) is 0. The van der Waals surface area contributed by atoms with Crippen molar-refractivity contribution in [1.82, 2.24) is 4.98 Å². The minimum absolute atomic E-state index is 0.309. The van der Waals surface area contributed by atoms with Gasteiger partial charge >= 0.3 is 0 Å². The van der Waals surface area contributed by atoms with Crippen LogP contribution in [0.4, 0.5) is 0 Å². The number of rotatable bonds is 1. The van der Waals surface area contributed by atoms with E-state index in [1.165, 1.54) is 10.9 Å². The number of nitrogens with one attached hydrogen (secondary N) is 1. The molecule has 18 heavy (non-hydrogen) atoms. The number of hydrogen-bond donors (Lipinski definition) is 2. The smallest absolute Gasteiger partial charge is 0.124 e. The molecule has 0 fully saturated rings. The van der Waals surface area contributed by atoms with E-state index in [1.54, 1.807) is 6.07 Å². The molecule has 3 rings (SSSR count). The van der Waals surface area contributed by atoms with E-state index in [4.69, 9.17) is 0 Å². The molecule has 0 bridgehead atoms. The van der Waals surface area contributed by atoms with Crippen LogP contribution in [0.1, 0.15) is 11.1 Å². The molecular formula is C16H15NO. The van der Waals surface area contributed by atoms with E-state index in [9.17, 15) is 5.11 Å². The average Bonchev–Trinajstić information content (AvgIpc) is 2.74. The zero-order valence-electron chi connectivity index (χ0n) is 10.5. The first-order chi connectivity index (χ1) is 8.63. The molecule has 0 spiro atoms. The number of aromatic nitrogens is 1. The molecule has 0 radical (unpaired) electrons. The maximum Gasteiger partial charge on any atom is 0.124 e. The van der Waals surface area contributed by atoms with Crippen LogP contribution in [0.3, 0.4) is 0 Å². The molecule has 2 nitrogen and oxygen atoms in total. The van der Waals surface area contributed by atoms with Gasteiger partial charge in [0.05, 0.1) is 5.69 Å². The number of fused-ring (bicyclic) bond motifs is 1. The molecule has 0 aliphatic rings. The fourth-order valence-corrected chi connectivity index (χ4v) is 2.26. The zero-order chi connectivity index (χ0) is 12.7. The predicted molar refractivity (Wildman–Crippen MR) is 74.9 cm³/mol. The Morgan fingerprint density at radius 2 is 1.61 bits per heavy atom. The van der Waals surface area contributed by atoms with Gasteiger partial charge in [-0.1, -0.05) is 23.3 Å². The lowest BCUT2D eigenvalue weighted by Gasteiger charge is -2.03. The summed E-state index contributed by atoms with van der Waals surface area (Å²) in [6.45, 7) is 4.10. The number of aryl methyl sites for hydroxylation is 2. The van der Waals surface area contributed by atoms with Crippen LogP contribution in [-0.4, -0.2) is 10.1 Å². The Morgan fingerprint density at radius 1 is 0.889 bits per heavy atom. The van der Waals surface area contributed by atoms with Gasteiger partial charge in [0.25, 0.3) is 0 Å². The highest BCUT2D eigenvalue weighted by Crippen LogP contribution is 2.31. The largest absolute Gasteiger partial charge is 0.507 e. The van der Waals surface area contributed by atoms with Crippen LogP contribution in [0.2, 0.25) is 0 Å². The molecule has 0 atom stereocenters. The van der Waals surface area contributed by atoms with Crippen LogP contribution >= 0.6 is 0 Å². The van der Waals surface area contributed by atoms with Crippen molar-refractivity contribution in [2.45, 2.75) is 13.8 Å². The number of benzene rings is 2. The second-order valence-electron chi connectivity index (χ2n) is 4.79. The molecule has 1 aromatic heterocycles. The summed E-state index contributed by atoms with van der Waals surface area (Å²) < 4.78 is 0. The standard InChI is InChI=1S/C16H15NO/c1-10-3-5-14-12(7-10)9-15(17-14)13-8-11(2)4-6-16(13)18/h3-9,17-18H,1-2H3. The minimum atomic E-state index is 0.309. The van der Waals surface area contributed by atoms with Crippen molar-refractivity contribution in [3.63, 3.8) is 0 Å². The van der Waals surface area contributed by atoms with Crippen LogP contribution in [-0.2, 0) is 0 Å². The molecule has 0 amide bonds. The fourth-order valence-electron chi connectivity index (χ4n) is 2.26. The van der Waals surface area contributed by atoms with E-state index in [2.05, 4.69) is 36.2 Å². The third-order valence-corrected chi connectivity index (χ3v) is 3.22. The van der Waals surface area contributed by atoms with Crippen LogP contribution in [0.15, 0.2) is 42.5 Å². The summed E-state index contributed by atoms with van der Waals surface area (Å²) in [4.78, 5) is 3.35. The first-order valence-corrected chi connectivity index (χ1v) is 6.03. The molecule has 0 saturated carbocycles. The SMILES string of the molecule is Cc1ccc(O)c(-c2cc3cc(C)ccc3[nH]2)c1. The van der Waals surface area contributed by atoms with Gasteiger partial charge in [-0.05, 0) is 44.2 Å². The quantitative estimate of drug-likeness (QED) is 0.655. The summed E-state index contributed by atoms with van der Waals surface area (Å²) in [5.74, 6) is 0.309. The summed E-state index contributed by atoms with van der Waals surface area (Å²) in [6, 6.07) is 14.0. The lowest BCUT2D eigenvalue weighted by atomic mass is 10.1. The van der Waals surface area contributed by atoms with E-state index in [1.807, 2.05) is 19.1 Å². The third-order valence-electron chi connectivity index (χ3n) is 3.22. The Balaban J connectivity index is 2.22. The predicted octanol–water partition coefficient (Wildman–Crippen LogP) is 4.16. The average molecular weight is 237 g/mol. The number of hydrogen-bond acceptors (Lipinski definition) is 1. The van der Waals surface area contributed by atoms with Crippen LogP contribution < -0.4 is 0 Å². The van der Waals surface area contributed by atoms with Crippen LogP contribution in [0.5, 0.6) is 5.75 Å². The second-order valence-corrected chi connectivity index (χ2v) is 4.79. The number of aromatic amines is 1. The fraction of sp³-hybridized carbons (Fsp3) is 0.125. The monoisotopic (exact) mass is 237 g/mol. The van der Waals surface area contributed by atoms with E-state index < -0.39 is 0 Å². The molecule has 2 N–H and O–H groups in total. The van der Waals surface area contributed by atoms with Gasteiger partial charge in [-0.15, -0.1) is 0 Å². The Hall–Kier alpha value is -2.22. The highest BCUT2D eigenvalue weighted by Gasteiger charge is 2.08. The van der Waals surface area contributed by atoms with E-state index in [-0.39, 0.29) is 0 Å². The van der Waals surface area contributed by atoms with E-state index in [0.29, 0.717) is 5.75 Å². The van der Waals surface area contributed by atoms with Gasteiger partial charge in [0.15, 0.2) is 0 Å². The number of phenols is 1. The molecule has 1 heterocycles. The van der Waals surface area contributed by atoms with E-state index >= 15 is 0 Å². The Morgan fingerprint density at radius 3 is 2.44 bits per heavy atom. The van der Waals surface area contributed by atoms with Gasteiger partial charge in [-0.25, -0.2) is 0 Å². The highest BCUT2D eigenvalue weighted by molar-refractivity contribution is 5.87. The van der Waals surface area contributed by atoms with Crippen molar-refractivity contribution in [3.05, 3.63) is 53.6 Å². The highest BCUT2D eigenvalue weighted by atomic mass is 16.3. The summed E-state index contributed by atoms with van der Waals surface area (Å²) >= 11 is 0. The van der Waals surface area contributed by atoms with Gasteiger partial charge in [0, 0.05) is 16.5 Å². The van der Waals surface area contributed by atoms with Crippen molar-refractivity contribution in [2.24, 2.45) is 0 Å². The summed E-state index contributed by atoms with van der Waals surface area (Å²) in [5, 5.41) is 11.1. The molecule has 90 valence electrons. The number of aromatic hydroxyl groups is 1.